The molecule has 0 aromatic heterocycles. The molecule has 1 aromatic rings. The van der Waals surface area contributed by atoms with Crippen LogP contribution in [0.3, 0.4) is 0 Å². The van der Waals surface area contributed by atoms with Crippen LogP contribution in [0.5, 0.6) is 5.75 Å². The second-order valence-corrected chi connectivity index (χ2v) is 5.49. The van der Waals surface area contributed by atoms with Crippen LogP contribution in [0.1, 0.15) is 24.0 Å². The van der Waals surface area contributed by atoms with E-state index in [-0.39, 0.29) is 19.1 Å². The fraction of sp³-hybridized carbons (Fsp3) is 0.562. The van der Waals surface area contributed by atoms with E-state index >= 15 is 0 Å². The minimum absolute atomic E-state index is 0.0337. The van der Waals surface area contributed by atoms with Crippen molar-refractivity contribution in [3.8, 4) is 5.75 Å². The highest BCUT2D eigenvalue weighted by Crippen LogP contribution is 2.22. The smallest absolute Gasteiger partial charge is 0.260 e. The maximum atomic E-state index is 12.1. The van der Waals surface area contributed by atoms with Crippen molar-refractivity contribution < 1.29 is 14.6 Å². The van der Waals surface area contributed by atoms with Crippen LogP contribution in [0.15, 0.2) is 18.2 Å². The van der Waals surface area contributed by atoms with Gasteiger partial charge < -0.3 is 14.7 Å². The van der Waals surface area contributed by atoms with E-state index in [4.69, 9.17) is 9.84 Å². The first-order chi connectivity index (χ1) is 9.61. The number of benzene rings is 1. The van der Waals surface area contributed by atoms with Crippen molar-refractivity contribution in [1.29, 1.82) is 0 Å². The van der Waals surface area contributed by atoms with Gasteiger partial charge in [0.05, 0.1) is 0 Å². The van der Waals surface area contributed by atoms with Crippen LogP contribution in [-0.2, 0) is 4.79 Å². The van der Waals surface area contributed by atoms with Crippen molar-refractivity contribution in [2.24, 2.45) is 5.92 Å². The molecule has 2 rings (SSSR count). The lowest BCUT2D eigenvalue weighted by Crippen LogP contribution is -2.33. The van der Waals surface area contributed by atoms with E-state index in [1.54, 1.807) is 0 Å². The van der Waals surface area contributed by atoms with Gasteiger partial charge in [-0.2, -0.15) is 0 Å². The second-order valence-electron chi connectivity index (χ2n) is 5.49. The highest BCUT2D eigenvalue weighted by Gasteiger charge is 2.25. The number of aliphatic hydroxyl groups is 1. The molecule has 1 aliphatic heterocycles. The van der Waals surface area contributed by atoms with Gasteiger partial charge in [0.2, 0.25) is 0 Å². The van der Waals surface area contributed by atoms with E-state index in [0.717, 1.165) is 37.2 Å². The summed E-state index contributed by atoms with van der Waals surface area (Å²) in [5, 5.41) is 8.93. The van der Waals surface area contributed by atoms with Crippen LogP contribution >= 0.6 is 0 Å². The maximum absolute atomic E-state index is 12.1. The average molecular weight is 277 g/mol. The quantitative estimate of drug-likeness (QED) is 0.894. The normalized spacial score (nSPS) is 18.4. The van der Waals surface area contributed by atoms with Gasteiger partial charge in [0.25, 0.3) is 5.91 Å². The number of carbonyl (C=O) groups is 1. The molecule has 4 nitrogen and oxygen atoms in total. The SMILES string of the molecule is Cc1cccc(OCC(=O)N2CCC(CCO)C2)c1C. The van der Waals surface area contributed by atoms with Crippen molar-refractivity contribution >= 4 is 5.91 Å². The Labute approximate surface area is 120 Å². The molecule has 1 aromatic carbocycles. The summed E-state index contributed by atoms with van der Waals surface area (Å²) in [6.45, 7) is 5.85. The van der Waals surface area contributed by atoms with Crippen molar-refractivity contribution in [3.63, 3.8) is 0 Å². The molecule has 1 aliphatic rings. The lowest BCUT2D eigenvalue weighted by Gasteiger charge is -2.17. The molecule has 1 atom stereocenters. The molecule has 1 unspecified atom stereocenters. The number of ether oxygens (including phenoxy) is 1. The number of rotatable bonds is 5. The molecule has 0 radical (unpaired) electrons. The van der Waals surface area contributed by atoms with Crippen LogP contribution in [0, 0.1) is 19.8 Å². The van der Waals surface area contributed by atoms with Crippen LogP contribution in [0.2, 0.25) is 0 Å². The fourth-order valence-corrected chi connectivity index (χ4v) is 2.59. The lowest BCUT2D eigenvalue weighted by atomic mass is 10.1. The Morgan fingerprint density at radius 1 is 1.45 bits per heavy atom. The number of hydrogen-bond acceptors (Lipinski definition) is 3. The Morgan fingerprint density at radius 3 is 3.00 bits per heavy atom. The number of nitrogens with zero attached hydrogens (tertiary/aromatic N) is 1. The topological polar surface area (TPSA) is 49.8 Å². The van der Waals surface area contributed by atoms with E-state index in [0.29, 0.717) is 5.92 Å². The van der Waals surface area contributed by atoms with E-state index in [1.165, 1.54) is 5.56 Å². The van der Waals surface area contributed by atoms with Gasteiger partial charge in [-0.1, -0.05) is 12.1 Å². The van der Waals surface area contributed by atoms with Gasteiger partial charge in [-0.05, 0) is 49.8 Å². The lowest BCUT2D eigenvalue weighted by molar-refractivity contribution is -0.132. The molecule has 1 amide bonds. The van der Waals surface area contributed by atoms with Crippen LogP contribution in [-0.4, -0.2) is 42.2 Å². The van der Waals surface area contributed by atoms with Gasteiger partial charge in [-0.15, -0.1) is 0 Å². The van der Waals surface area contributed by atoms with Crippen LogP contribution in [0.25, 0.3) is 0 Å². The Kier molecular flexibility index (Phi) is 5.01. The highest BCUT2D eigenvalue weighted by molar-refractivity contribution is 5.78. The molecule has 20 heavy (non-hydrogen) atoms. The standard InChI is InChI=1S/C16H23NO3/c1-12-4-3-5-15(13(12)2)20-11-16(19)17-8-6-14(10-17)7-9-18/h3-5,14,18H,6-11H2,1-2H3. The third-order valence-electron chi connectivity index (χ3n) is 4.08. The Bertz CT molecular complexity index is 473. The predicted molar refractivity (Wildman–Crippen MR) is 77.8 cm³/mol. The fourth-order valence-electron chi connectivity index (χ4n) is 2.59. The van der Waals surface area contributed by atoms with Gasteiger partial charge in [0.1, 0.15) is 5.75 Å². The molecule has 0 bridgehead atoms. The molecule has 1 heterocycles. The molecule has 0 spiro atoms. The zero-order chi connectivity index (χ0) is 14.5. The molecule has 110 valence electrons. The summed E-state index contributed by atoms with van der Waals surface area (Å²) in [5.41, 5.74) is 2.25. The largest absolute Gasteiger partial charge is 0.483 e. The minimum atomic E-state index is 0.0337. The summed E-state index contributed by atoms with van der Waals surface area (Å²) in [4.78, 5) is 13.9. The van der Waals surface area contributed by atoms with Gasteiger partial charge in [0, 0.05) is 19.7 Å². The summed E-state index contributed by atoms with van der Waals surface area (Å²) in [5.74, 6) is 1.25. The minimum Gasteiger partial charge on any atom is -0.483 e. The molecule has 0 saturated carbocycles. The van der Waals surface area contributed by atoms with E-state index in [2.05, 4.69) is 0 Å². The van der Waals surface area contributed by atoms with Crippen LogP contribution in [0.4, 0.5) is 0 Å². The second kappa shape index (κ2) is 6.75. The van der Waals surface area contributed by atoms with Crippen molar-refractivity contribution in [1.82, 2.24) is 4.90 Å². The number of carbonyl (C=O) groups excluding carboxylic acids is 1. The van der Waals surface area contributed by atoms with Crippen molar-refractivity contribution in [2.75, 3.05) is 26.3 Å². The molecular formula is C16H23NO3. The summed E-state index contributed by atoms with van der Waals surface area (Å²) >= 11 is 0. The monoisotopic (exact) mass is 277 g/mol. The number of aliphatic hydroxyl groups excluding tert-OH is 1. The molecular weight excluding hydrogens is 254 g/mol. The summed E-state index contributed by atoms with van der Waals surface area (Å²) < 4.78 is 5.65. The van der Waals surface area contributed by atoms with Crippen LogP contribution < -0.4 is 4.74 Å². The Balaban J connectivity index is 1.85. The maximum Gasteiger partial charge on any atom is 0.260 e. The van der Waals surface area contributed by atoms with E-state index in [1.807, 2.05) is 36.9 Å². The summed E-state index contributed by atoms with van der Waals surface area (Å²) in [6.07, 6.45) is 1.76. The first kappa shape index (κ1) is 14.9. The van der Waals surface area contributed by atoms with Gasteiger partial charge in [0.15, 0.2) is 6.61 Å². The average Bonchev–Trinajstić information content (AvgIpc) is 2.89. The van der Waals surface area contributed by atoms with Crippen molar-refractivity contribution in [3.05, 3.63) is 29.3 Å². The Morgan fingerprint density at radius 2 is 2.25 bits per heavy atom. The molecule has 1 fully saturated rings. The zero-order valence-electron chi connectivity index (χ0n) is 12.3. The number of likely N-dealkylation sites (tertiary alicyclic amines) is 1. The summed E-state index contributed by atoms with van der Waals surface area (Å²) in [7, 11) is 0. The Hall–Kier alpha value is -1.55. The van der Waals surface area contributed by atoms with Crippen molar-refractivity contribution in [2.45, 2.75) is 26.7 Å². The highest BCUT2D eigenvalue weighted by atomic mass is 16.5. The van der Waals surface area contributed by atoms with Gasteiger partial charge in [-0.25, -0.2) is 0 Å². The first-order valence-electron chi connectivity index (χ1n) is 7.19. The molecule has 1 N–H and O–H groups in total. The molecule has 4 heteroatoms. The zero-order valence-corrected chi connectivity index (χ0v) is 12.3. The third-order valence-corrected chi connectivity index (χ3v) is 4.08. The van der Waals surface area contributed by atoms with Gasteiger partial charge in [-0.3, -0.25) is 4.79 Å². The van der Waals surface area contributed by atoms with Gasteiger partial charge >= 0.3 is 0 Å². The molecule has 1 saturated heterocycles. The number of amides is 1. The number of hydrogen-bond donors (Lipinski definition) is 1. The van der Waals surface area contributed by atoms with E-state index < -0.39 is 0 Å². The third kappa shape index (κ3) is 3.51. The first-order valence-corrected chi connectivity index (χ1v) is 7.19. The molecule has 0 aliphatic carbocycles. The number of aryl methyl sites for hydroxylation is 1. The van der Waals surface area contributed by atoms with E-state index in [9.17, 15) is 4.79 Å². The predicted octanol–water partition coefficient (Wildman–Crippen LogP) is 1.91. The summed E-state index contributed by atoms with van der Waals surface area (Å²) in [6, 6.07) is 5.87.